The highest BCUT2D eigenvalue weighted by molar-refractivity contribution is 5.37. The van der Waals surface area contributed by atoms with Gasteiger partial charge in [-0.25, -0.2) is 0 Å². The van der Waals surface area contributed by atoms with E-state index >= 15 is 0 Å². The fraction of sp³-hybridized carbons (Fsp3) is 0. The van der Waals surface area contributed by atoms with E-state index in [0.29, 0.717) is 0 Å². The predicted octanol–water partition coefficient (Wildman–Crippen LogP) is 0.188. The van der Waals surface area contributed by atoms with Gasteiger partial charge in [0.2, 0.25) is 5.39 Å². The zero-order chi connectivity index (χ0) is 5.98. The number of hydrogen-bond donors (Lipinski definition) is 2. The monoisotopic (exact) mass is 111 g/mol. The maximum atomic E-state index is 10.3. The average Bonchev–Trinajstić information content (AvgIpc) is 2.14. The van der Waals surface area contributed by atoms with Crippen LogP contribution in [0.1, 0.15) is 0 Å². The van der Waals surface area contributed by atoms with Crippen LogP contribution in [0.15, 0.2) is 11.0 Å². The van der Waals surface area contributed by atoms with Crippen LogP contribution in [0.3, 0.4) is 0 Å². The molecular formula is C3H3N4O+. The van der Waals surface area contributed by atoms with Gasteiger partial charge in [0.05, 0.1) is 0 Å². The van der Waals surface area contributed by atoms with Gasteiger partial charge < -0.3 is 0 Å². The van der Waals surface area contributed by atoms with Gasteiger partial charge in [0, 0.05) is 0 Å². The zero-order valence-corrected chi connectivity index (χ0v) is 3.88. The molecule has 0 fully saturated rings. The fourth-order valence-corrected chi connectivity index (χ4v) is 0.374. The molecule has 0 unspecified atom stereocenters. The van der Waals surface area contributed by atoms with Crippen LogP contribution in [0.4, 0.5) is 5.69 Å². The van der Waals surface area contributed by atoms with Gasteiger partial charge in [-0.15, -0.1) is 0 Å². The summed E-state index contributed by atoms with van der Waals surface area (Å²) in [5.74, 6) is 0. The zero-order valence-electron chi connectivity index (χ0n) is 3.88. The fourth-order valence-electron chi connectivity index (χ4n) is 0.374. The van der Waals surface area contributed by atoms with Gasteiger partial charge in [0.25, 0.3) is 0 Å². The Bertz CT molecular complexity index is 263. The van der Waals surface area contributed by atoms with Crippen molar-refractivity contribution in [3.63, 3.8) is 0 Å². The molecule has 5 nitrogen and oxygen atoms in total. The van der Waals surface area contributed by atoms with Crippen LogP contribution in [0.5, 0.6) is 0 Å². The molecule has 1 aromatic heterocycles. The van der Waals surface area contributed by atoms with E-state index in [2.05, 4.69) is 15.2 Å². The van der Waals surface area contributed by atoms with Gasteiger partial charge in [-0.3, -0.25) is 15.0 Å². The van der Waals surface area contributed by atoms with E-state index < -0.39 is 5.56 Å². The molecule has 0 aliphatic heterocycles. The van der Waals surface area contributed by atoms with E-state index in [1.54, 1.807) is 0 Å². The van der Waals surface area contributed by atoms with Crippen molar-refractivity contribution in [3.05, 3.63) is 21.5 Å². The van der Waals surface area contributed by atoms with E-state index in [0.717, 1.165) is 0 Å². The molecule has 0 radical (unpaired) electrons. The Labute approximate surface area is 44.0 Å². The van der Waals surface area contributed by atoms with Crippen LogP contribution in [0, 0.1) is 5.39 Å². The van der Waals surface area contributed by atoms with Crippen molar-refractivity contribution in [2.75, 3.05) is 0 Å². The summed E-state index contributed by atoms with van der Waals surface area (Å²) >= 11 is 0. The van der Waals surface area contributed by atoms with Crippen molar-refractivity contribution in [1.82, 2.24) is 10.2 Å². The first-order valence-electron chi connectivity index (χ1n) is 1.96. The van der Waals surface area contributed by atoms with Crippen LogP contribution in [0.25, 0.3) is 4.98 Å². The normalized spacial score (nSPS) is 8.38. The SMILES string of the molecule is N#[N+]c1c[nH][nH]c1=O. The Hall–Kier alpha value is -1.57. The Morgan fingerprint density at radius 1 is 1.75 bits per heavy atom. The predicted molar refractivity (Wildman–Crippen MR) is 26.2 cm³/mol. The highest BCUT2D eigenvalue weighted by atomic mass is 16.1. The average molecular weight is 111 g/mol. The van der Waals surface area contributed by atoms with Crippen LogP contribution in [-0.4, -0.2) is 10.2 Å². The molecule has 0 aliphatic rings. The number of aromatic nitrogens is 2. The third-order valence-corrected chi connectivity index (χ3v) is 0.735. The summed E-state index contributed by atoms with van der Waals surface area (Å²) in [4.78, 5) is 13.0. The molecule has 8 heavy (non-hydrogen) atoms. The lowest BCUT2D eigenvalue weighted by Crippen LogP contribution is -1.95. The lowest BCUT2D eigenvalue weighted by atomic mass is 10.6. The first kappa shape index (κ1) is 4.59. The second-order valence-electron chi connectivity index (χ2n) is 1.23. The molecule has 40 valence electrons. The van der Waals surface area contributed by atoms with Gasteiger partial charge in [-0.1, -0.05) is 0 Å². The molecule has 1 rings (SSSR count). The summed E-state index contributed by atoms with van der Waals surface area (Å²) in [5, 5.41) is 12.5. The summed E-state index contributed by atoms with van der Waals surface area (Å²) in [5.41, 5.74) is -0.433. The minimum Gasteiger partial charge on any atom is -0.297 e. The highest BCUT2D eigenvalue weighted by Crippen LogP contribution is 1.96. The maximum Gasteiger partial charge on any atom is 0.467 e. The number of H-pyrrole nitrogens is 2. The van der Waals surface area contributed by atoms with Crippen LogP contribution in [-0.2, 0) is 0 Å². The third-order valence-electron chi connectivity index (χ3n) is 0.735. The Kier molecular flexibility index (Phi) is 0.860. The van der Waals surface area contributed by atoms with Gasteiger partial charge in [-0.05, 0) is 0 Å². The van der Waals surface area contributed by atoms with Gasteiger partial charge in [0.15, 0.2) is 4.98 Å². The van der Waals surface area contributed by atoms with E-state index in [1.165, 1.54) is 6.20 Å². The molecule has 0 aliphatic carbocycles. The number of diazo groups is 1. The van der Waals surface area contributed by atoms with Gasteiger partial charge >= 0.3 is 11.2 Å². The number of hydrogen-bond acceptors (Lipinski definition) is 2. The molecule has 0 atom stereocenters. The quantitative estimate of drug-likeness (QED) is 0.468. The molecule has 2 N–H and O–H groups in total. The minimum atomic E-state index is -0.424. The number of nitrogens with zero attached hydrogens (tertiary/aromatic N) is 2. The van der Waals surface area contributed by atoms with Crippen molar-refractivity contribution in [2.45, 2.75) is 0 Å². The minimum absolute atomic E-state index is 0.00926. The third kappa shape index (κ3) is 0.479. The summed E-state index contributed by atoms with van der Waals surface area (Å²) < 4.78 is 0. The van der Waals surface area contributed by atoms with Crippen LogP contribution < -0.4 is 5.56 Å². The summed E-state index contributed by atoms with van der Waals surface area (Å²) in [7, 11) is 0. The lowest BCUT2D eigenvalue weighted by molar-refractivity contribution is 1.06. The van der Waals surface area contributed by atoms with E-state index in [4.69, 9.17) is 5.39 Å². The second-order valence-corrected chi connectivity index (χ2v) is 1.23. The van der Waals surface area contributed by atoms with E-state index in [-0.39, 0.29) is 5.69 Å². The summed E-state index contributed by atoms with van der Waals surface area (Å²) in [6, 6.07) is 0. The molecule has 0 bridgehead atoms. The van der Waals surface area contributed by atoms with Crippen molar-refractivity contribution >= 4 is 5.69 Å². The largest absolute Gasteiger partial charge is 0.467 e. The Balaban J connectivity index is 3.37. The smallest absolute Gasteiger partial charge is 0.297 e. The van der Waals surface area contributed by atoms with Crippen molar-refractivity contribution in [3.8, 4) is 0 Å². The van der Waals surface area contributed by atoms with Crippen molar-refractivity contribution < 1.29 is 0 Å². The molecule has 0 amide bonds. The molecular weight excluding hydrogens is 108 g/mol. The summed E-state index contributed by atoms with van der Waals surface area (Å²) in [6.45, 7) is 0. The van der Waals surface area contributed by atoms with Crippen LogP contribution in [0.2, 0.25) is 0 Å². The molecule has 0 saturated carbocycles. The summed E-state index contributed by atoms with van der Waals surface area (Å²) in [6.07, 6.45) is 1.27. The topological polar surface area (TPSA) is 76.8 Å². The Morgan fingerprint density at radius 3 is 2.75 bits per heavy atom. The first-order chi connectivity index (χ1) is 3.84. The number of nitrogens with one attached hydrogen (secondary N) is 2. The molecule has 0 aromatic carbocycles. The number of rotatable bonds is 0. The Morgan fingerprint density at radius 2 is 2.50 bits per heavy atom. The molecule has 5 heteroatoms. The van der Waals surface area contributed by atoms with E-state index in [1.807, 2.05) is 0 Å². The van der Waals surface area contributed by atoms with Crippen molar-refractivity contribution in [1.29, 1.82) is 5.39 Å². The van der Waals surface area contributed by atoms with Crippen LogP contribution >= 0.6 is 0 Å². The molecule has 1 aromatic rings. The molecule has 0 spiro atoms. The van der Waals surface area contributed by atoms with E-state index in [9.17, 15) is 4.79 Å². The lowest BCUT2D eigenvalue weighted by Gasteiger charge is -1.52. The number of aromatic amines is 2. The maximum absolute atomic E-state index is 10.3. The standard InChI is InChI=1S/C3H2N4O/c4-6-2-1-5-7-3(2)8/h1,4H/p+1. The van der Waals surface area contributed by atoms with Crippen molar-refractivity contribution in [2.24, 2.45) is 0 Å². The molecule has 0 saturated heterocycles. The second kappa shape index (κ2) is 1.50. The van der Waals surface area contributed by atoms with Gasteiger partial charge in [-0.2, -0.15) is 0 Å². The molecule has 1 heterocycles. The highest BCUT2D eigenvalue weighted by Gasteiger charge is 2.09. The van der Waals surface area contributed by atoms with Gasteiger partial charge in [0.1, 0.15) is 6.20 Å². The first-order valence-corrected chi connectivity index (χ1v) is 1.96.